The van der Waals surface area contributed by atoms with Crippen LogP contribution in [-0.2, 0) is 21.9 Å². The van der Waals surface area contributed by atoms with E-state index in [1.807, 2.05) is 0 Å². The molecule has 3 aromatic rings. The Kier molecular flexibility index (Phi) is 7.08. The summed E-state index contributed by atoms with van der Waals surface area (Å²) in [6.07, 6.45) is -7.73. The van der Waals surface area contributed by atoms with Gasteiger partial charge in [0.1, 0.15) is 5.69 Å². The maximum absolute atomic E-state index is 14.2. The van der Waals surface area contributed by atoms with E-state index < -0.39 is 58.4 Å². The van der Waals surface area contributed by atoms with Gasteiger partial charge in [-0.1, -0.05) is 12.1 Å². The minimum Gasteiger partial charge on any atom is -0.467 e. The summed E-state index contributed by atoms with van der Waals surface area (Å²) in [6.45, 7) is 0. The Morgan fingerprint density at radius 3 is 2.26 bits per heavy atom. The summed E-state index contributed by atoms with van der Waals surface area (Å²) in [6, 6.07) is 5.34. The fourth-order valence-electron chi connectivity index (χ4n) is 4.08. The quantitative estimate of drug-likeness (QED) is 0.183. The van der Waals surface area contributed by atoms with Crippen LogP contribution in [0.15, 0.2) is 61.1 Å². The van der Waals surface area contributed by atoms with Gasteiger partial charge >= 0.3 is 18.3 Å². The number of imidazole rings is 1. The number of aromatic nitrogens is 6. The molecule has 216 valence electrons. The van der Waals surface area contributed by atoms with E-state index >= 15 is 0 Å². The van der Waals surface area contributed by atoms with Crippen LogP contribution in [0, 0.1) is 11.6 Å². The number of esters is 1. The number of halogens is 8. The third-order valence-corrected chi connectivity index (χ3v) is 6.06. The summed E-state index contributed by atoms with van der Waals surface area (Å²) < 4.78 is 114. The third-order valence-electron chi connectivity index (χ3n) is 6.06. The number of fused-ring (bicyclic) bond motifs is 1. The molecule has 0 saturated heterocycles. The van der Waals surface area contributed by atoms with Crippen molar-refractivity contribution >= 4 is 5.97 Å². The maximum Gasteiger partial charge on any atom is 0.417 e. The first-order valence-electron chi connectivity index (χ1n) is 11.6. The van der Waals surface area contributed by atoms with Gasteiger partial charge in [-0.25, -0.2) is 28.5 Å². The van der Waals surface area contributed by atoms with Crippen molar-refractivity contribution in [1.29, 1.82) is 0 Å². The first-order chi connectivity index (χ1) is 19.8. The van der Waals surface area contributed by atoms with E-state index in [0.29, 0.717) is 12.1 Å². The number of carbonyl (C=O) groups is 1. The molecule has 0 spiro atoms. The molecule has 2 aliphatic heterocycles. The molecular formula is C26H14F8N6O2. The number of benzene rings is 2. The first kappa shape index (κ1) is 28.5. The normalized spacial score (nSPS) is 12.9. The molecule has 1 atom stereocenters. The number of ether oxygens (including phenoxy) is 1. The number of carbonyl (C=O) groups excluding carboxylic acids is 1. The van der Waals surface area contributed by atoms with Crippen LogP contribution in [0.3, 0.4) is 0 Å². The van der Waals surface area contributed by atoms with Crippen molar-refractivity contribution in [1.82, 2.24) is 29.7 Å². The molecule has 0 radical (unpaired) electrons. The van der Waals surface area contributed by atoms with Gasteiger partial charge in [-0.05, 0) is 36.4 Å². The van der Waals surface area contributed by atoms with Gasteiger partial charge in [0.2, 0.25) is 0 Å². The fraction of sp³-hybridized carbons (Fsp3) is 0.154. The highest BCUT2D eigenvalue weighted by Gasteiger charge is 2.39. The van der Waals surface area contributed by atoms with Crippen molar-refractivity contribution in [3.8, 4) is 34.2 Å². The molecule has 1 aromatic heterocycles. The number of alkyl halides is 6. The molecule has 0 aliphatic carbocycles. The minimum absolute atomic E-state index is 0.0240. The van der Waals surface area contributed by atoms with Gasteiger partial charge in [0, 0.05) is 11.8 Å². The molecule has 0 N–H and O–H groups in total. The van der Waals surface area contributed by atoms with Gasteiger partial charge in [0.15, 0.2) is 29.3 Å². The van der Waals surface area contributed by atoms with Gasteiger partial charge in [-0.2, -0.15) is 36.5 Å². The molecule has 3 heterocycles. The van der Waals surface area contributed by atoms with E-state index in [4.69, 9.17) is 4.74 Å². The van der Waals surface area contributed by atoms with Crippen molar-refractivity contribution in [2.45, 2.75) is 18.4 Å². The topological polar surface area (TPSA) is 95.7 Å². The summed E-state index contributed by atoms with van der Waals surface area (Å²) in [4.78, 5) is 25.0. The fourth-order valence-corrected chi connectivity index (χ4v) is 4.08. The zero-order valence-corrected chi connectivity index (χ0v) is 20.9. The van der Waals surface area contributed by atoms with E-state index in [9.17, 15) is 39.9 Å². The molecule has 16 heteroatoms. The summed E-state index contributed by atoms with van der Waals surface area (Å²) in [5.74, 6) is -3.34. The number of methoxy groups -OCH3 is 1. The lowest BCUT2D eigenvalue weighted by atomic mass is 10.00. The van der Waals surface area contributed by atoms with Crippen LogP contribution < -0.4 is 0 Å². The van der Waals surface area contributed by atoms with Gasteiger partial charge in [-0.3, -0.25) is 0 Å². The van der Waals surface area contributed by atoms with Crippen molar-refractivity contribution < 1.29 is 44.7 Å². The molecular weight excluding hydrogens is 580 g/mol. The second kappa shape index (κ2) is 10.4. The SMILES string of the molecule is COC(=O)C(c1ccc(-c2ccc(C(F)(F)F)cc2C(F)(F)F)nn1)n1cnc2nc(-c3cccc(F)c3F)nc-2c1. The predicted molar refractivity (Wildman–Crippen MR) is 127 cm³/mol. The molecule has 0 fully saturated rings. The van der Waals surface area contributed by atoms with Crippen LogP contribution in [-0.4, -0.2) is 42.8 Å². The lowest BCUT2D eigenvalue weighted by Crippen LogP contribution is -2.24. The Morgan fingerprint density at radius 2 is 1.62 bits per heavy atom. The Labute approximate surface area is 230 Å². The van der Waals surface area contributed by atoms with Crippen molar-refractivity contribution in [3.63, 3.8) is 0 Å². The van der Waals surface area contributed by atoms with E-state index in [2.05, 4.69) is 25.1 Å². The van der Waals surface area contributed by atoms with E-state index in [0.717, 1.165) is 31.6 Å². The average molecular weight is 594 g/mol. The molecule has 0 saturated carbocycles. The Morgan fingerprint density at radius 1 is 0.857 bits per heavy atom. The largest absolute Gasteiger partial charge is 0.467 e. The van der Waals surface area contributed by atoms with E-state index in [1.54, 1.807) is 0 Å². The standard InChI is InChI=1S/C26H14F8N6O2/c1-42-24(41)21(40-10-19-23(35-11-40)37-22(36-19)14-3-2-4-16(27)20(14)28)18-8-7-17(38-39-18)13-6-5-12(25(29,30)31)9-15(13)26(32,33)34/h2-11,21H,1H3. The lowest BCUT2D eigenvalue weighted by Gasteiger charge is -2.18. The molecule has 0 bridgehead atoms. The van der Waals surface area contributed by atoms with Crippen LogP contribution in [0.2, 0.25) is 0 Å². The average Bonchev–Trinajstić information content (AvgIpc) is 3.37. The highest BCUT2D eigenvalue weighted by Crippen LogP contribution is 2.40. The Bertz CT molecular complexity index is 1750. The van der Waals surface area contributed by atoms with Gasteiger partial charge in [0.05, 0.1) is 41.5 Å². The number of rotatable bonds is 5. The van der Waals surface area contributed by atoms with Gasteiger partial charge in [-0.15, -0.1) is 0 Å². The van der Waals surface area contributed by atoms with Crippen LogP contribution in [0.25, 0.3) is 34.2 Å². The number of hydrogen-bond acceptors (Lipinski definition) is 7. The van der Waals surface area contributed by atoms with Crippen molar-refractivity contribution in [2.75, 3.05) is 7.11 Å². The lowest BCUT2D eigenvalue weighted by molar-refractivity contribution is -0.144. The van der Waals surface area contributed by atoms with E-state index in [-0.39, 0.29) is 34.7 Å². The van der Waals surface area contributed by atoms with Gasteiger partial charge in [0.25, 0.3) is 0 Å². The number of hydrogen-bond donors (Lipinski definition) is 0. The monoisotopic (exact) mass is 594 g/mol. The maximum atomic E-state index is 14.2. The summed E-state index contributed by atoms with van der Waals surface area (Å²) in [5, 5.41) is 7.56. The molecule has 1 unspecified atom stereocenters. The smallest absolute Gasteiger partial charge is 0.417 e. The molecule has 2 aliphatic rings. The van der Waals surface area contributed by atoms with Crippen molar-refractivity contribution in [3.05, 3.63) is 89.5 Å². The summed E-state index contributed by atoms with van der Waals surface area (Å²) in [5.41, 5.74) is -4.44. The minimum atomic E-state index is -5.14. The first-order valence-corrected chi connectivity index (χ1v) is 11.6. The highest BCUT2D eigenvalue weighted by molar-refractivity contribution is 5.78. The van der Waals surface area contributed by atoms with Crippen molar-refractivity contribution in [2.24, 2.45) is 0 Å². The highest BCUT2D eigenvalue weighted by atomic mass is 19.4. The van der Waals surface area contributed by atoms with Crippen LogP contribution in [0.1, 0.15) is 22.9 Å². The summed E-state index contributed by atoms with van der Waals surface area (Å²) >= 11 is 0. The van der Waals surface area contributed by atoms with Crippen LogP contribution in [0.5, 0.6) is 0 Å². The molecule has 5 rings (SSSR count). The predicted octanol–water partition coefficient (Wildman–Crippen LogP) is 5.98. The zero-order chi connectivity index (χ0) is 30.4. The van der Waals surface area contributed by atoms with E-state index in [1.165, 1.54) is 22.9 Å². The van der Waals surface area contributed by atoms with Crippen LogP contribution in [0.4, 0.5) is 35.1 Å². The molecule has 2 aromatic carbocycles. The van der Waals surface area contributed by atoms with Gasteiger partial charge < -0.3 is 9.30 Å². The zero-order valence-electron chi connectivity index (χ0n) is 20.9. The third kappa shape index (κ3) is 5.34. The van der Waals surface area contributed by atoms with Crippen LogP contribution >= 0.6 is 0 Å². The Balaban J connectivity index is 1.53. The molecule has 0 amide bonds. The Hall–Kier alpha value is -5.02. The molecule has 42 heavy (non-hydrogen) atoms. The summed E-state index contributed by atoms with van der Waals surface area (Å²) in [7, 11) is 1.06. The molecule has 8 nitrogen and oxygen atoms in total. The second-order valence-electron chi connectivity index (χ2n) is 8.70. The number of nitrogens with zero attached hydrogens (tertiary/aromatic N) is 6. The second-order valence-corrected chi connectivity index (χ2v) is 8.70.